The number of alkyl halides is 1. The number of hydrogen-bond donors (Lipinski definition) is 0. The quantitative estimate of drug-likeness (QED) is 0.511. The molecule has 1 saturated heterocycles. The van der Waals surface area contributed by atoms with Crippen molar-refractivity contribution in [3.05, 3.63) is 83.9 Å². The molecule has 0 unspecified atom stereocenters. The lowest BCUT2D eigenvalue weighted by atomic mass is 9.94. The van der Waals surface area contributed by atoms with Gasteiger partial charge < -0.3 is 4.74 Å². The zero-order chi connectivity index (χ0) is 19.7. The van der Waals surface area contributed by atoms with E-state index in [9.17, 15) is 9.59 Å². The molecular weight excluding hydrogens is 418 g/mol. The molecule has 1 aliphatic rings. The minimum Gasteiger partial charge on any atom is -0.446 e. The van der Waals surface area contributed by atoms with E-state index >= 15 is 0 Å². The monoisotopic (exact) mass is 437 g/mol. The van der Waals surface area contributed by atoms with Crippen LogP contribution >= 0.6 is 15.9 Å². The average molecular weight is 438 g/mol. The molecular formula is C23H20BrNO3. The van der Waals surface area contributed by atoms with E-state index in [1.807, 2.05) is 55.5 Å². The van der Waals surface area contributed by atoms with Crippen molar-refractivity contribution in [2.45, 2.75) is 23.7 Å². The molecule has 1 aliphatic heterocycles. The highest BCUT2D eigenvalue weighted by Crippen LogP contribution is 2.34. The van der Waals surface area contributed by atoms with Crippen LogP contribution in [0.3, 0.4) is 0 Å². The average Bonchev–Trinajstić information content (AvgIpc) is 3.13. The van der Waals surface area contributed by atoms with Gasteiger partial charge in [0, 0.05) is 5.92 Å². The number of ether oxygens (including phenoxy) is 1. The zero-order valence-electron chi connectivity index (χ0n) is 15.4. The van der Waals surface area contributed by atoms with Gasteiger partial charge in [0.1, 0.15) is 17.5 Å². The van der Waals surface area contributed by atoms with E-state index in [1.54, 1.807) is 0 Å². The SMILES string of the molecule is C[C@H](c1ccc2ccccc2c1)[C@@H](Br)C(=O)N1C(=O)OC[C@@H]1c1ccccc1. The van der Waals surface area contributed by atoms with E-state index in [1.165, 1.54) is 4.90 Å². The van der Waals surface area contributed by atoms with Gasteiger partial charge in [-0.25, -0.2) is 9.69 Å². The minimum absolute atomic E-state index is 0.109. The van der Waals surface area contributed by atoms with Crippen molar-refractivity contribution >= 4 is 38.7 Å². The standard InChI is InChI=1S/C23H20BrNO3/c1-15(18-12-11-16-7-5-6-10-19(16)13-18)21(24)22(26)25-20(14-28-23(25)27)17-8-3-2-4-9-17/h2-13,15,20-21H,14H2,1H3/t15-,20-,21-/m1/s1. The highest BCUT2D eigenvalue weighted by Gasteiger charge is 2.42. The Kier molecular flexibility index (Phi) is 5.18. The van der Waals surface area contributed by atoms with Crippen molar-refractivity contribution in [1.29, 1.82) is 0 Å². The Labute approximate surface area is 172 Å². The maximum atomic E-state index is 13.2. The Hall–Kier alpha value is -2.66. The van der Waals surface area contributed by atoms with Gasteiger partial charge in [0.05, 0.1) is 0 Å². The zero-order valence-corrected chi connectivity index (χ0v) is 17.0. The van der Waals surface area contributed by atoms with Gasteiger partial charge in [0.2, 0.25) is 5.91 Å². The number of hydrogen-bond acceptors (Lipinski definition) is 3. The number of amides is 2. The van der Waals surface area contributed by atoms with Crippen LogP contribution in [0.2, 0.25) is 0 Å². The van der Waals surface area contributed by atoms with Gasteiger partial charge in [-0.05, 0) is 21.9 Å². The number of rotatable bonds is 4. The number of carbonyl (C=O) groups is 2. The van der Waals surface area contributed by atoms with Crippen LogP contribution in [0, 0.1) is 0 Å². The third-order valence-electron chi connectivity index (χ3n) is 5.27. The first-order valence-electron chi connectivity index (χ1n) is 9.24. The second-order valence-corrected chi connectivity index (χ2v) is 8.00. The topological polar surface area (TPSA) is 46.6 Å². The Bertz CT molecular complexity index is 1020. The Balaban J connectivity index is 1.59. The van der Waals surface area contributed by atoms with E-state index in [0.717, 1.165) is 21.9 Å². The summed E-state index contributed by atoms with van der Waals surface area (Å²) in [7, 11) is 0. The fourth-order valence-corrected chi connectivity index (χ4v) is 4.12. The molecule has 0 bridgehead atoms. The molecule has 2 amide bonds. The highest BCUT2D eigenvalue weighted by molar-refractivity contribution is 9.10. The first-order valence-corrected chi connectivity index (χ1v) is 10.2. The van der Waals surface area contributed by atoms with Crippen LogP contribution in [0.25, 0.3) is 10.8 Å². The van der Waals surface area contributed by atoms with Crippen molar-refractivity contribution in [1.82, 2.24) is 4.90 Å². The molecule has 28 heavy (non-hydrogen) atoms. The third-order valence-corrected chi connectivity index (χ3v) is 6.45. The van der Waals surface area contributed by atoms with E-state index in [2.05, 4.69) is 40.2 Å². The van der Waals surface area contributed by atoms with Crippen molar-refractivity contribution in [3.63, 3.8) is 0 Å². The van der Waals surface area contributed by atoms with Gasteiger partial charge in [-0.2, -0.15) is 0 Å². The van der Waals surface area contributed by atoms with Crippen molar-refractivity contribution < 1.29 is 14.3 Å². The Morgan fingerprint density at radius 2 is 1.71 bits per heavy atom. The summed E-state index contributed by atoms with van der Waals surface area (Å²) < 4.78 is 5.19. The molecule has 3 atom stereocenters. The van der Waals surface area contributed by atoms with Crippen molar-refractivity contribution in [3.8, 4) is 0 Å². The van der Waals surface area contributed by atoms with Crippen LogP contribution in [0.5, 0.6) is 0 Å². The Morgan fingerprint density at radius 3 is 2.46 bits per heavy atom. The largest absolute Gasteiger partial charge is 0.446 e. The molecule has 1 fully saturated rings. The molecule has 1 heterocycles. The fourth-order valence-electron chi connectivity index (χ4n) is 3.59. The summed E-state index contributed by atoms with van der Waals surface area (Å²) in [5, 5.41) is 2.28. The van der Waals surface area contributed by atoms with E-state index in [4.69, 9.17) is 4.74 Å². The minimum atomic E-state index is -0.589. The maximum Gasteiger partial charge on any atom is 0.417 e. The van der Waals surface area contributed by atoms with E-state index < -0.39 is 17.0 Å². The molecule has 3 aromatic rings. The summed E-state index contributed by atoms with van der Waals surface area (Å²) in [6.07, 6.45) is -0.589. The van der Waals surface area contributed by atoms with E-state index in [-0.39, 0.29) is 18.4 Å². The van der Waals surface area contributed by atoms with Gasteiger partial charge in [-0.3, -0.25) is 4.79 Å². The van der Waals surface area contributed by atoms with Crippen LogP contribution in [-0.4, -0.2) is 28.3 Å². The summed E-state index contributed by atoms with van der Waals surface area (Å²) in [5.74, 6) is -0.390. The highest BCUT2D eigenvalue weighted by atomic mass is 79.9. The van der Waals surface area contributed by atoms with Crippen molar-refractivity contribution in [2.24, 2.45) is 0 Å². The van der Waals surface area contributed by atoms with Crippen LogP contribution in [0.1, 0.15) is 30.0 Å². The normalized spacial score (nSPS) is 18.7. The van der Waals surface area contributed by atoms with E-state index in [0.29, 0.717) is 0 Å². The van der Waals surface area contributed by atoms with Crippen LogP contribution in [-0.2, 0) is 9.53 Å². The molecule has 0 aromatic heterocycles. The molecule has 0 spiro atoms. The molecule has 4 nitrogen and oxygen atoms in total. The lowest BCUT2D eigenvalue weighted by Crippen LogP contribution is -2.40. The number of halogens is 1. The summed E-state index contributed by atoms with van der Waals surface area (Å²) in [6, 6.07) is 23.4. The molecule has 0 aliphatic carbocycles. The first-order chi connectivity index (χ1) is 13.6. The number of cyclic esters (lactones) is 1. The van der Waals surface area contributed by atoms with Crippen LogP contribution in [0.15, 0.2) is 72.8 Å². The van der Waals surface area contributed by atoms with Gasteiger partial charge in [-0.15, -0.1) is 0 Å². The van der Waals surface area contributed by atoms with Crippen LogP contribution < -0.4 is 0 Å². The van der Waals surface area contributed by atoms with Crippen LogP contribution in [0.4, 0.5) is 4.79 Å². The number of fused-ring (bicyclic) bond motifs is 1. The summed E-state index contributed by atoms with van der Waals surface area (Å²) in [6.45, 7) is 2.17. The van der Waals surface area contributed by atoms with Gasteiger partial charge in [0.25, 0.3) is 0 Å². The fraction of sp³-hybridized carbons (Fsp3) is 0.217. The van der Waals surface area contributed by atoms with Crippen molar-refractivity contribution in [2.75, 3.05) is 6.61 Å². The molecule has 0 saturated carbocycles. The van der Waals surface area contributed by atoms with Gasteiger partial charge in [0.15, 0.2) is 0 Å². The smallest absolute Gasteiger partial charge is 0.417 e. The maximum absolute atomic E-state index is 13.2. The lowest BCUT2D eigenvalue weighted by Gasteiger charge is -2.25. The number of imide groups is 1. The second-order valence-electron chi connectivity index (χ2n) is 7.01. The first kappa shape index (κ1) is 18.7. The summed E-state index contributed by atoms with van der Waals surface area (Å²) in [5.41, 5.74) is 1.93. The summed E-state index contributed by atoms with van der Waals surface area (Å²) >= 11 is 3.55. The van der Waals surface area contributed by atoms with Gasteiger partial charge >= 0.3 is 6.09 Å². The molecule has 5 heteroatoms. The molecule has 0 N–H and O–H groups in total. The molecule has 4 rings (SSSR count). The summed E-state index contributed by atoms with van der Waals surface area (Å²) in [4.78, 5) is 26.2. The number of nitrogens with zero attached hydrogens (tertiary/aromatic N) is 1. The predicted octanol–water partition coefficient (Wildman–Crippen LogP) is 5.43. The molecule has 0 radical (unpaired) electrons. The molecule has 142 valence electrons. The molecule has 3 aromatic carbocycles. The number of benzene rings is 3. The number of carbonyl (C=O) groups excluding carboxylic acids is 2. The Morgan fingerprint density at radius 1 is 1.04 bits per heavy atom. The predicted molar refractivity (Wildman–Crippen MR) is 112 cm³/mol. The second kappa shape index (κ2) is 7.76. The lowest BCUT2D eigenvalue weighted by molar-refractivity contribution is -0.128. The van der Waals surface area contributed by atoms with Gasteiger partial charge in [-0.1, -0.05) is 95.7 Å². The third kappa shape index (κ3) is 3.42.